The summed E-state index contributed by atoms with van der Waals surface area (Å²) in [5.41, 5.74) is 7.97. The lowest BCUT2D eigenvalue weighted by atomic mass is 9.91. The minimum absolute atomic E-state index is 0.217. The molecule has 1 atom stereocenters. The second kappa shape index (κ2) is 6.13. The average molecular weight is 326 g/mol. The Kier molecular flexibility index (Phi) is 4.15. The van der Waals surface area contributed by atoms with Crippen LogP contribution in [0.25, 0.3) is 0 Å². The number of methoxy groups -OCH3 is 1. The van der Waals surface area contributed by atoms with E-state index in [-0.39, 0.29) is 5.91 Å². The lowest BCUT2D eigenvalue weighted by molar-refractivity contribution is -0.121. The van der Waals surface area contributed by atoms with Gasteiger partial charge in [0.25, 0.3) is 0 Å². The van der Waals surface area contributed by atoms with E-state index in [1.165, 1.54) is 0 Å². The first-order valence-electron chi connectivity index (χ1n) is 7.86. The summed E-state index contributed by atoms with van der Waals surface area (Å²) in [7, 11) is 5.43. The highest BCUT2D eigenvalue weighted by Crippen LogP contribution is 2.40. The van der Waals surface area contributed by atoms with E-state index in [1.807, 2.05) is 43.3 Å². The van der Waals surface area contributed by atoms with Crippen LogP contribution in [0.4, 0.5) is 11.5 Å². The van der Waals surface area contributed by atoms with Crippen molar-refractivity contribution in [2.75, 3.05) is 31.4 Å². The van der Waals surface area contributed by atoms with Crippen LogP contribution >= 0.6 is 0 Å². The van der Waals surface area contributed by atoms with E-state index in [1.54, 1.807) is 19.4 Å². The number of aromatic nitrogens is 1. The van der Waals surface area contributed by atoms with E-state index in [4.69, 9.17) is 10.5 Å². The fraction of sp³-hybridized carbons (Fsp3) is 0.333. The molecule has 3 rings (SSSR count). The topological polar surface area (TPSA) is 80.5 Å². The summed E-state index contributed by atoms with van der Waals surface area (Å²) in [5, 5.41) is 2.93. The van der Waals surface area contributed by atoms with Gasteiger partial charge in [-0.3, -0.25) is 4.79 Å². The van der Waals surface area contributed by atoms with Crippen LogP contribution in [0, 0.1) is 0 Å². The Morgan fingerprint density at radius 2 is 2.17 bits per heavy atom. The van der Waals surface area contributed by atoms with Crippen molar-refractivity contribution in [3.8, 4) is 5.75 Å². The molecule has 0 aliphatic heterocycles. The first-order valence-corrected chi connectivity index (χ1v) is 7.86. The molecule has 1 amide bonds. The van der Waals surface area contributed by atoms with E-state index in [0.717, 1.165) is 29.1 Å². The van der Waals surface area contributed by atoms with E-state index in [2.05, 4.69) is 10.3 Å². The molecule has 1 unspecified atom stereocenters. The minimum Gasteiger partial charge on any atom is -0.496 e. The highest BCUT2D eigenvalue weighted by Gasteiger charge is 2.43. The van der Waals surface area contributed by atoms with Gasteiger partial charge in [-0.15, -0.1) is 0 Å². The maximum absolute atomic E-state index is 12.9. The van der Waals surface area contributed by atoms with Crippen molar-refractivity contribution in [1.29, 1.82) is 0 Å². The number of benzene rings is 1. The molecule has 1 heterocycles. The molecule has 1 aromatic carbocycles. The van der Waals surface area contributed by atoms with Gasteiger partial charge in [-0.25, -0.2) is 4.98 Å². The number of hydrogen-bond donors (Lipinski definition) is 2. The Hall–Kier alpha value is -2.60. The van der Waals surface area contributed by atoms with E-state index in [9.17, 15) is 4.79 Å². The third-order valence-corrected chi connectivity index (χ3v) is 4.47. The van der Waals surface area contributed by atoms with Gasteiger partial charge in [-0.2, -0.15) is 0 Å². The van der Waals surface area contributed by atoms with Crippen molar-refractivity contribution < 1.29 is 9.53 Å². The Labute approximate surface area is 141 Å². The SMILES string of the molecule is COc1cccc2c1CCC2(N)C(=O)Nc1ccnc(N(C)C)c1. The zero-order chi connectivity index (χ0) is 17.3. The average Bonchev–Trinajstić information content (AvgIpc) is 2.94. The highest BCUT2D eigenvalue weighted by atomic mass is 16.5. The number of pyridine rings is 1. The second-order valence-corrected chi connectivity index (χ2v) is 6.21. The van der Waals surface area contributed by atoms with Crippen LogP contribution in [-0.4, -0.2) is 32.1 Å². The van der Waals surface area contributed by atoms with Crippen molar-refractivity contribution in [2.45, 2.75) is 18.4 Å². The van der Waals surface area contributed by atoms with Gasteiger partial charge >= 0.3 is 0 Å². The summed E-state index contributed by atoms with van der Waals surface area (Å²) >= 11 is 0. The first-order chi connectivity index (χ1) is 11.5. The van der Waals surface area contributed by atoms with Gasteiger partial charge in [0.2, 0.25) is 5.91 Å². The van der Waals surface area contributed by atoms with Crippen molar-refractivity contribution in [3.63, 3.8) is 0 Å². The van der Waals surface area contributed by atoms with Crippen molar-refractivity contribution >= 4 is 17.4 Å². The van der Waals surface area contributed by atoms with Gasteiger partial charge in [-0.1, -0.05) is 12.1 Å². The molecule has 6 heteroatoms. The van der Waals surface area contributed by atoms with Crippen molar-refractivity contribution in [3.05, 3.63) is 47.7 Å². The smallest absolute Gasteiger partial charge is 0.249 e. The molecule has 2 aromatic rings. The van der Waals surface area contributed by atoms with Crippen LogP contribution in [0.1, 0.15) is 17.5 Å². The maximum Gasteiger partial charge on any atom is 0.249 e. The summed E-state index contributed by atoms with van der Waals surface area (Å²) in [6.07, 6.45) is 2.95. The number of hydrogen-bond acceptors (Lipinski definition) is 5. The van der Waals surface area contributed by atoms with Crippen LogP contribution < -0.4 is 20.7 Å². The summed E-state index contributed by atoms with van der Waals surface area (Å²) in [5.74, 6) is 1.34. The summed E-state index contributed by atoms with van der Waals surface area (Å²) in [6, 6.07) is 9.25. The highest BCUT2D eigenvalue weighted by molar-refractivity contribution is 5.99. The number of anilines is 2. The van der Waals surface area contributed by atoms with Gasteiger partial charge < -0.3 is 20.7 Å². The summed E-state index contributed by atoms with van der Waals surface area (Å²) in [4.78, 5) is 19.0. The van der Waals surface area contributed by atoms with Crippen molar-refractivity contribution in [2.24, 2.45) is 5.73 Å². The number of amides is 1. The fourth-order valence-corrected chi connectivity index (χ4v) is 3.11. The lowest BCUT2D eigenvalue weighted by Crippen LogP contribution is -2.46. The third-order valence-electron chi connectivity index (χ3n) is 4.47. The molecule has 0 bridgehead atoms. The predicted molar refractivity (Wildman–Crippen MR) is 94.4 cm³/mol. The van der Waals surface area contributed by atoms with Crippen LogP contribution in [0.3, 0.4) is 0 Å². The Morgan fingerprint density at radius 1 is 1.38 bits per heavy atom. The van der Waals surface area contributed by atoms with E-state index in [0.29, 0.717) is 12.1 Å². The number of nitrogens with zero attached hydrogens (tertiary/aromatic N) is 2. The fourth-order valence-electron chi connectivity index (χ4n) is 3.11. The molecule has 24 heavy (non-hydrogen) atoms. The molecular formula is C18H22N4O2. The molecule has 0 spiro atoms. The quantitative estimate of drug-likeness (QED) is 0.897. The molecule has 3 N–H and O–H groups in total. The first kappa shape index (κ1) is 16.3. The standard InChI is InChI=1S/C18H22N4O2/c1-22(2)16-11-12(8-10-20-16)21-17(23)18(19)9-7-13-14(18)5-4-6-15(13)24-3/h4-6,8,10-11H,7,9,19H2,1-3H3,(H,20,21,23). The second-order valence-electron chi connectivity index (χ2n) is 6.21. The number of carbonyl (C=O) groups excluding carboxylic acids is 1. The molecule has 126 valence electrons. The molecule has 0 fully saturated rings. The van der Waals surface area contributed by atoms with Crippen LogP contribution in [0.5, 0.6) is 5.75 Å². The van der Waals surface area contributed by atoms with Gasteiger partial charge in [0.15, 0.2) is 0 Å². The molecule has 0 radical (unpaired) electrons. The monoisotopic (exact) mass is 326 g/mol. The molecule has 6 nitrogen and oxygen atoms in total. The normalized spacial score (nSPS) is 18.8. The van der Waals surface area contributed by atoms with Crippen LogP contribution in [0.15, 0.2) is 36.5 Å². The molecule has 1 aliphatic rings. The Morgan fingerprint density at radius 3 is 2.88 bits per heavy atom. The number of carbonyl (C=O) groups is 1. The van der Waals surface area contributed by atoms with Crippen LogP contribution in [-0.2, 0) is 16.8 Å². The lowest BCUT2D eigenvalue weighted by Gasteiger charge is -2.24. The number of nitrogens with one attached hydrogen (secondary N) is 1. The molecule has 1 aromatic heterocycles. The molecule has 0 saturated heterocycles. The van der Waals surface area contributed by atoms with E-state index >= 15 is 0 Å². The zero-order valence-corrected chi connectivity index (χ0v) is 14.2. The zero-order valence-electron chi connectivity index (χ0n) is 14.2. The minimum atomic E-state index is -1.05. The largest absolute Gasteiger partial charge is 0.496 e. The van der Waals surface area contributed by atoms with Crippen LogP contribution in [0.2, 0.25) is 0 Å². The van der Waals surface area contributed by atoms with Gasteiger partial charge in [0, 0.05) is 32.0 Å². The van der Waals surface area contributed by atoms with Crippen molar-refractivity contribution in [1.82, 2.24) is 4.98 Å². The van der Waals surface area contributed by atoms with E-state index < -0.39 is 5.54 Å². The Balaban J connectivity index is 1.88. The summed E-state index contributed by atoms with van der Waals surface area (Å²) < 4.78 is 5.39. The number of nitrogens with two attached hydrogens (primary N) is 1. The maximum atomic E-state index is 12.9. The predicted octanol–water partition coefficient (Wildman–Crippen LogP) is 1.90. The number of rotatable bonds is 4. The summed E-state index contributed by atoms with van der Waals surface area (Å²) in [6.45, 7) is 0. The van der Waals surface area contributed by atoms with Gasteiger partial charge in [-0.05, 0) is 36.1 Å². The number of ether oxygens (including phenoxy) is 1. The van der Waals surface area contributed by atoms with Gasteiger partial charge in [0.05, 0.1) is 7.11 Å². The molecular weight excluding hydrogens is 304 g/mol. The third kappa shape index (κ3) is 2.69. The molecule has 1 aliphatic carbocycles. The Bertz CT molecular complexity index is 775. The number of fused-ring (bicyclic) bond motifs is 1. The molecule has 0 saturated carbocycles. The van der Waals surface area contributed by atoms with Gasteiger partial charge in [0.1, 0.15) is 17.1 Å².